The SMILES string of the molecule is COc1ccc(C(CN)N2CCSCC2)c2ccccc12. The molecule has 1 aliphatic heterocycles. The second-order valence-corrected chi connectivity index (χ2v) is 6.53. The van der Waals surface area contributed by atoms with Crippen LogP contribution in [0.2, 0.25) is 0 Å². The van der Waals surface area contributed by atoms with E-state index in [1.807, 2.05) is 11.8 Å². The van der Waals surface area contributed by atoms with Crippen molar-refractivity contribution in [2.24, 2.45) is 5.73 Å². The van der Waals surface area contributed by atoms with Crippen molar-refractivity contribution in [3.63, 3.8) is 0 Å². The lowest BCUT2D eigenvalue weighted by atomic mass is 9.97. The Bertz CT molecular complexity index is 611. The number of fused-ring (bicyclic) bond motifs is 1. The van der Waals surface area contributed by atoms with Crippen molar-refractivity contribution in [1.29, 1.82) is 0 Å². The van der Waals surface area contributed by atoms with Gasteiger partial charge in [0.1, 0.15) is 5.75 Å². The molecule has 0 spiro atoms. The Morgan fingerprint density at radius 1 is 1.14 bits per heavy atom. The summed E-state index contributed by atoms with van der Waals surface area (Å²) in [5.41, 5.74) is 7.44. The van der Waals surface area contributed by atoms with E-state index in [1.54, 1.807) is 7.11 Å². The molecule has 1 fully saturated rings. The van der Waals surface area contributed by atoms with Gasteiger partial charge in [-0.05, 0) is 17.0 Å². The first-order valence-corrected chi connectivity index (χ1v) is 8.58. The average Bonchev–Trinajstić information content (AvgIpc) is 2.56. The molecule has 1 saturated heterocycles. The van der Waals surface area contributed by atoms with Crippen LogP contribution < -0.4 is 10.5 Å². The molecule has 1 aliphatic rings. The highest BCUT2D eigenvalue weighted by Crippen LogP contribution is 2.34. The molecule has 2 aromatic rings. The fourth-order valence-electron chi connectivity index (χ4n) is 3.13. The van der Waals surface area contributed by atoms with Crippen LogP contribution in [0.4, 0.5) is 0 Å². The number of nitrogens with zero attached hydrogens (tertiary/aromatic N) is 1. The zero-order chi connectivity index (χ0) is 14.7. The van der Waals surface area contributed by atoms with Crippen molar-refractivity contribution in [1.82, 2.24) is 4.90 Å². The van der Waals surface area contributed by atoms with Gasteiger partial charge in [0.2, 0.25) is 0 Å². The van der Waals surface area contributed by atoms with Gasteiger partial charge in [-0.25, -0.2) is 0 Å². The Morgan fingerprint density at radius 3 is 2.52 bits per heavy atom. The lowest BCUT2D eigenvalue weighted by Crippen LogP contribution is -2.39. The Kier molecular flexibility index (Phi) is 4.68. The molecule has 0 bridgehead atoms. The van der Waals surface area contributed by atoms with Crippen LogP contribution in [0.3, 0.4) is 0 Å². The van der Waals surface area contributed by atoms with Gasteiger partial charge in [-0.3, -0.25) is 4.90 Å². The van der Waals surface area contributed by atoms with Crippen LogP contribution in [0, 0.1) is 0 Å². The third-order valence-electron chi connectivity index (χ3n) is 4.21. The lowest BCUT2D eigenvalue weighted by Gasteiger charge is -2.34. The smallest absolute Gasteiger partial charge is 0.126 e. The van der Waals surface area contributed by atoms with Crippen molar-refractivity contribution in [3.8, 4) is 5.75 Å². The number of nitrogens with two attached hydrogens (primary N) is 1. The molecule has 0 saturated carbocycles. The van der Waals surface area contributed by atoms with Crippen LogP contribution in [0.5, 0.6) is 5.75 Å². The monoisotopic (exact) mass is 302 g/mol. The minimum absolute atomic E-state index is 0.293. The molecule has 0 amide bonds. The Morgan fingerprint density at radius 2 is 1.86 bits per heavy atom. The van der Waals surface area contributed by atoms with E-state index in [0.29, 0.717) is 12.6 Å². The Balaban J connectivity index is 2.05. The number of thioether (sulfide) groups is 1. The maximum absolute atomic E-state index is 6.12. The van der Waals surface area contributed by atoms with E-state index < -0.39 is 0 Å². The van der Waals surface area contributed by atoms with Gasteiger partial charge >= 0.3 is 0 Å². The number of rotatable bonds is 4. The van der Waals surface area contributed by atoms with Crippen LogP contribution in [0.15, 0.2) is 36.4 Å². The van der Waals surface area contributed by atoms with Gasteiger partial charge in [0.25, 0.3) is 0 Å². The number of hydrogen-bond donors (Lipinski definition) is 1. The number of hydrogen-bond acceptors (Lipinski definition) is 4. The van der Waals surface area contributed by atoms with E-state index >= 15 is 0 Å². The summed E-state index contributed by atoms with van der Waals surface area (Å²) in [6.45, 7) is 2.89. The predicted molar refractivity (Wildman–Crippen MR) is 91.2 cm³/mol. The molecule has 21 heavy (non-hydrogen) atoms. The van der Waals surface area contributed by atoms with E-state index in [4.69, 9.17) is 10.5 Å². The van der Waals surface area contributed by atoms with E-state index in [9.17, 15) is 0 Å². The maximum Gasteiger partial charge on any atom is 0.126 e. The fraction of sp³-hybridized carbons (Fsp3) is 0.412. The van der Waals surface area contributed by atoms with Crippen LogP contribution in [0.1, 0.15) is 11.6 Å². The second-order valence-electron chi connectivity index (χ2n) is 5.30. The maximum atomic E-state index is 6.12. The zero-order valence-electron chi connectivity index (χ0n) is 12.4. The minimum Gasteiger partial charge on any atom is -0.496 e. The summed E-state index contributed by atoms with van der Waals surface area (Å²) < 4.78 is 5.49. The Hall–Kier alpha value is -1.23. The summed E-state index contributed by atoms with van der Waals surface area (Å²) in [5.74, 6) is 3.33. The molecular weight excluding hydrogens is 280 g/mol. The largest absolute Gasteiger partial charge is 0.496 e. The molecule has 3 nitrogen and oxygen atoms in total. The third-order valence-corrected chi connectivity index (χ3v) is 5.15. The van der Waals surface area contributed by atoms with Crippen molar-refractivity contribution in [2.75, 3.05) is 38.2 Å². The molecule has 1 unspecified atom stereocenters. The summed E-state index contributed by atoms with van der Waals surface area (Å²) >= 11 is 2.03. The van der Waals surface area contributed by atoms with Crippen molar-refractivity contribution < 1.29 is 4.74 Å². The molecule has 1 atom stereocenters. The lowest BCUT2D eigenvalue weighted by molar-refractivity contribution is 0.224. The first-order chi connectivity index (χ1) is 10.3. The van der Waals surface area contributed by atoms with E-state index in [1.165, 1.54) is 27.8 Å². The molecule has 0 aliphatic carbocycles. The van der Waals surface area contributed by atoms with E-state index in [-0.39, 0.29) is 0 Å². The average molecular weight is 302 g/mol. The molecule has 2 N–H and O–H groups in total. The number of methoxy groups -OCH3 is 1. The van der Waals surface area contributed by atoms with Gasteiger partial charge in [-0.1, -0.05) is 30.3 Å². The molecule has 3 rings (SSSR count). The quantitative estimate of drug-likeness (QED) is 0.942. The number of ether oxygens (including phenoxy) is 1. The van der Waals surface area contributed by atoms with Gasteiger partial charge < -0.3 is 10.5 Å². The van der Waals surface area contributed by atoms with Gasteiger partial charge in [0.15, 0.2) is 0 Å². The molecule has 4 heteroatoms. The van der Waals surface area contributed by atoms with Crippen LogP contribution in [0.25, 0.3) is 10.8 Å². The van der Waals surface area contributed by atoms with Crippen LogP contribution >= 0.6 is 11.8 Å². The number of benzene rings is 2. The first kappa shape index (κ1) is 14.7. The van der Waals surface area contributed by atoms with Gasteiger partial charge in [-0.15, -0.1) is 0 Å². The minimum atomic E-state index is 0.293. The first-order valence-electron chi connectivity index (χ1n) is 7.42. The summed E-state index contributed by atoms with van der Waals surface area (Å²) in [4.78, 5) is 2.52. The van der Waals surface area contributed by atoms with Gasteiger partial charge in [0, 0.05) is 42.6 Å². The second kappa shape index (κ2) is 6.69. The highest BCUT2D eigenvalue weighted by molar-refractivity contribution is 7.99. The standard InChI is InChI=1S/C17H22N2OS/c1-20-17-7-6-14(13-4-2-3-5-15(13)17)16(12-18)19-8-10-21-11-9-19/h2-7,16H,8-12,18H2,1H3. The van der Waals surface area contributed by atoms with Crippen molar-refractivity contribution >= 4 is 22.5 Å². The Labute approximate surface area is 130 Å². The van der Waals surface area contributed by atoms with E-state index in [2.05, 4.69) is 41.3 Å². The van der Waals surface area contributed by atoms with E-state index in [0.717, 1.165) is 18.8 Å². The normalized spacial score (nSPS) is 17.8. The zero-order valence-corrected chi connectivity index (χ0v) is 13.2. The highest BCUT2D eigenvalue weighted by Gasteiger charge is 2.23. The predicted octanol–water partition coefficient (Wildman–Crippen LogP) is 2.90. The van der Waals surface area contributed by atoms with Gasteiger partial charge in [-0.2, -0.15) is 11.8 Å². The molecular formula is C17H22N2OS. The molecule has 1 heterocycles. The van der Waals surface area contributed by atoms with Crippen molar-refractivity contribution in [3.05, 3.63) is 42.0 Å². The summed E-state index contributed by atoms with van der Waals surface area (Å²) in [7, 11) is 1.73. The molecule has 0 radical (unpaired) electrons. The van der Waals surface area contributed by atoms with Crippen LogP contribution in [-0.4, -0.2) is 43.1 Å². The van der Waals surface area contributed by atoms with Gasteiger partial charge in [0.05, 0.1) is 7.11 Å². The van der Waals surface area contributed by atoms with Crippen molar-refractivity contribution in [2.45, 2.75) is 6.04 Å². The topological polar surface area (TPSA) is 38.5 Å². The fourth-order valence-corrected chi connectivity index (χ4v) is 4.06. The summed E-state index contributed by atoms with van der Waals surface area (Å²) in [6.07, 6.45) is 0. The summed E-state index contributed by atoms with van der Waals surface area (Å²) in [5, 5.41) is 2.42. The molecule has 2 aromatic carbocycles. The summed E-state index contributed by atoms with van der Waals surface area (Å²) in [6, 6.07) is 13.0. The third kappa shape index (κ3) is 2.89. The highest BCUT2D eigenvalue weighted by atomic mass is 32.2. The molecule has 112 valence electrons. The van der Waals surface area contributed by atoms with Crippen LogP contribution in [-0.2, 0) is 0 Å². The molecule has 0 aromatic heterocycles.